The summed E-state index contributed by atoms with van der Waals surface area (Å²) in [6.07, 6.45) is 1.29. The number of carbonyl (C=O) groups is 1. The Kier molecular flexibility index (Phi) is 6.42. The van der Waals surface area contributed by atoms with E-state index in [0.717, 1.165) is 5.56 Å². The minimum Gasteiger partial charge on any atom is -0.352 e. The summed E-state index contributed by atoms with van der Waals surface area (Å²) in [4.78, 5) is 12.7. The molecule has 1 atom stereocenters. The first-order valence-corrected chi connectivity index (χ1v) is 10.8. The standard InChI is InChI=1S/C19H20Cl2N2O3S/c20-16-7-9-17(10-8-16)27(25,26)23-11-3-5-15(13-23)19(24)22-12-14-4-1-2-6-18(14)21/h1-2,4,6-10,15H,3,5,11-13H2,(H,22,24)/t15-/m0/s1. The quantitative estimate of drug-likeness (QED) is 0.791. The minimum atomic E-state index is -3.65. The third-order valence-electron chi connectivity index (χ3n) is 4.62. The van der Waals surface area contributed by atoms with E-state index in [2.05, 4.69) is 5.32 Å². The molecule has 0 unspecified atom stereocenters. The number of carbonyl (C=O) groups excluding carboxylic acids is 1. The number of amides is 1. The maximum absolute atomic E-state index is 12.8. The summed E-state index contributed by atoms with van der Waals surface area (Å²) in [5.41, 5.74) is 0.828. The predicted octanol–water partition coefficient (Wildman–Crippen LogP) is 3.71. The number of piperidine rings is 1. The van der Waals surface area contributed by atoms with Crippen molar-refractivity contribution in [2.45, 2.75) is 24.3 Å². The van der Waals surface area contributed by atoms with Crippen LogP contribution in [0, 0.1) is 5.92 Å². The molecule has 1 saturated heterocycles. The normalized spacial score (nSPS) is 18.2. The van der Waals surface area contributed by atoms with Crippen molar-refractivity contribution in [2.24, 2.45) is 5.92 Å². The van der Waals surface area contributed by atoms with E-state index in [1.54, 1.807) is 18.2 Å². The first-order valence-electron chi connectivity index (χ1n) is 8.65. The molecule has 2 aromatic rings. The molecule has 8 heteroatoms. The number of hydrogen-bond acceptors (Lipinski definition) is 3. The van der Waals surface area contributed by atoms with E-state index in [9.17, 15) is 13.2 Å². The number of halogens is 2. The van der Waals surface area contributed by atoms with Crippen LogP contribution in [0.2, 0.25) is 10.0 Å². The molecule has 0 saturated carbocycles. The number of nitrogens with one attached hydrogen (secondary N) is 1. The maximum atomic E-state index is 12.8. The van der Waals surface area contributed by atoms with Crippen LogP contribution in [0.4, 0.5) is 0 Å². The first kappa shape index (κ1) is 20.1. The zero-order valence-electron chi connectivity index (χ0n) is 14.6. The highest BCUT2D eigenvalue weighted by atomic mass is 35.5. The molecule has 1 fully saturated rings. The highest BCUT2D eigenvalue weighted by molar-refractivity contribution is 7.89. The highest BCUT2D eigenvalue weighted by Gasteiger charge is 2.33. The van der Waals surface area contributed by atoms with Crippen LogP contribution in [0.1, 0.15) is 18.4 Å². The third kappa shape index (κ3) is 4.82. The van der Waals surface area contributed by atoms with Crippen LogP contribution in [0.25, 0.3) is 0 Å². The molecule has 1 aliphatic rings. The van der Waals surface area contributed by atoms with Crippen molar-refractivity contribution in [2.75, 3.05) is 13.1 Å². The summed E-state index contributed by atoms with van der Waals surface area (Å²) >= 11 is 11.9. The van der Waals surface area contributed by atoms with Gasteiger partial charge in [0.1, 0.15) is 0 Å². The SMILES string of the molecule is O=C(NCc1ccccc1Cl)[C@H]1CCCN(S(=O)(=O)c2ccc(Cl)cc2)C1. The van der Waals surface area contributed by atoms with E-state index in [1.165, 1.54) is 16.4 Å². The van der Waals surface area contributed by atoms with Crippen LogP contribution in [0.15, 0.2) is 53.4 Å². The van der Waals surface area contributed by atoms with E-state index in [-0.39, 0.29) is 23.3 Å². The Hall–Kier alpha value is -1.60. The molecule has 1 aliphatic heterocycles. The summed E-state index contributed by atoms with van der Waals surface area (Å²) in [5, 5.41) is 3.93. The summed E-state index contributed by atoms with van der Waals surface area (Å²) in [5.74, 6) is -0.547. The van der Waals surface area contributed by atoms with E-state index in [0.29, 0.717) is 36.0 Å². The van der Waals surface area contributed by atoms with Crippen molar-refractivity contribution in [1.29, 1.82) is 0 Å². The Bertz CT molecular complexity index is 917. The van der Waals surface area contributed by atoms with E-state index in [4.69, 9.17) is 23.2 Å². The Morgan fingerprint density at radius 2 is 1.81 bits per heavy atom. The van der Waals surface area contributed by atoms with Gasteiger partial charge in [-0.05, 0) is 48.7 Å². The lowest BCUT2D eigenvalue weighted by molar-refractivity contribution is -0.126. The molecule has 0 radical (unpaired) electrons. The van der Waals surface area contributed by atoms with E-state index >= 15 is 0 Å². The highest BCUT2D eigenvalue weighted by Crippen LogP contribution is 2.25. The number of sulfonamides is 1. The second kappa shape index (κ2) is 8.61. The lowest BCUT2D eigenvalue weighted by Gasteiger charge is -2.31. The molecule has 0 spiro atoms. The molecule has 0 bridgehead atoms. The molecular formula is C19H20Cl2N2O3S. The fraction of sp³-hybridized carbons (Fsp3) is 0.316. The summed E-state index contributed by atoms with van der Waals surface area (Å²) < 4.78 is 27.0. The predicted molar refractivity (Wildman–Crippen MR) is 106 cm³/mol. The van der Waals surface area contributed by atoms with Gasteiger partial charge in [-0.3, -0.25) is 4.79 Å². The third-order valence-corrected chi connectivity index (χ3v) is 7.12. The fourth-order valence-corrected chi connectivity index (χ4v) is 4.95. The Labute approximate surface area is 169 Å². The molecule has 0 aliphatic carbocycles. The Morgan fingerprint density at radius 3 is 2.52 bits per heavy atom. The molecule has 3 rings (SSSR count). The molecule has 5 nitrogen and oxygen atoms in total. The van der Waals surface area contributed by atoms with E-state index in [1.807, 2.05) is 18.2 Å². The molecule has 144 valence electrons. The number of nitrogens with zero attached hydrogens (tertiary/aromatic N) is 1. The number of benzene rings is 2. The van der Waals surface area contributed by atoms with Gasteiger partial charge >= 0.3 is 0 Å². The van der Waals surface area contributed by atoms with Gasteiger partial charge in [0.05, 0.1) is 10.8 Å². The van der Waals surface area contributed by atoms with Crippen molar-refractivity contribution in [3.05, 3.63) is 64.1 Å². The second-order valence-electron chi connectivity index (χ2n) is 6.47. The van der Waals surface area contributed by atoms with Gasteiger partial charge in [0.15, 0.2) is 0 Å². The van der Waals surface area contributed by atoms with Crippen molar-refractivity contribution in [1.82, 2.24) is 9.62 Å². The molecule has 2 aromatic carbocycles. The van der Waals surface area contributed by atoms with Gasteiger partial charge in [-0.1, -0.05) is 41.4 Å². The zero-order chi connectivity index (χ0) is 19.4. The summed E-state index contributed by atoms with van der Waals surface area (Å²) in [6, 6.07) is 13.4. The fourth-order valence-electron chi connectivity index (χ4n) is 3.10. The van der Waals surface area contributed by atoms with Gasteiger partial charge < -0.3 is 5.32 Å². The van der Waals surface area contributed by atoms with Gasteiger partial charge in [0.25, 0.3) is 0 Å². The molecule has 1 N–H and O–H groups in total. The Balaban J connectivity index is 1.65. The number of hydrogen-bond donors (Lipinski definition) is 1. The van der Waals surface area contributed by atoms with Crippen LogP contribution in [0.3, 0.4) is 0 Å². The van der Waals surface area contributed by atoms with Gasteiger partial charge in [-0.15, -0.1) is 0 Å². The summed E-state index contributed by atoms with van der Waals surface area (Å²) in [6.45, 7) is 0.886. The Morgan fingerprint density at radius 1 is 1.11 bits per heavy atom. The van der Waals surface area contributed by atoms with Crippen LogP contribution in [-0.2, 0) is 21.4 Å². The molecular weight excluding hydrogens is 407 g/mol. The van der Waals surface area contributed by atoms with Crippen molar-refractivity contribution in [3.63, 3.8) is 0 Å². The van der Waals surface area contributed by atoms with Gasteiger partial charge in [-0.25, -0.2) is 8.42 Å². The molecule has 27 heavy (non-hydrogen) atoms. The molecule has 1 heterocycles. The zero-order valence-corrected chi connectivity index (χ0v) is 16.9. The van der Waals surface area contributed by atoms with Crippen LogP contribution < -0.4 is 5.32 Å². The smallest absolute Gasteiger partial charge is 0.243 e. The van der Waals surface area contributed by atoms with Crippen molar-refractivity contribution >= 4 is 39.1 Å². The van der Waals surface area contributed by atoms with E-state index < -0.39 is 10.0 Å². The second-order valence-corrected chi connectivity index (χ2v) is 9.25. The van der Waals surface area contributed by atoms with Crippen molar-refractivity contribution in [3.8, 4) is 0 Å². The average molecular weight is 427 g/mol. The van der Waals surface area contributed by atoms with Gasteiger partial charge in [0, 0.05) is 29.7 Å². The summed E-state index contributed by atoms with van der Waals surface area (Å²) in [7, 11) is -3.65. The van der Waals surface area contributed by atoms with Crippen molar-refractivity contribution < 1.29 is 13.2 Å². The average Bonchev–Trinajstić information content (AvgIpc) is 2.67. The lowest BCUT2D eigenvalue weighted by Crippen LogP contribution is -2.45. The van der Waals surface area contributed by atoms with Crippen LogP contribution in [-0.4, -0.2) is 31.7 Å². The largest absolute Gasteiger partial charge is 0.352 e. The maximum Gasteiger partial charge on any atom is 0.243 e. The molecule has 0 aromatic heterocycles. The van der Waals surface area contributed by atoms with Gasteiger partial charge in [-0.2, -0.15) is 4.31 Å². The molecule has 1 amide bonds. The topological polar surface area (TPSA) is 66.5 Å². The minimum absolute atomic E-state index is 0.161. The first-order chi connectivity index (χ1) is 12.9. The van der Waals surface area contributed by atoms with Crippen LogP contribution >= 0.6 is 23.2 Å². The monoisotopic (exact) mass is 426 g/mol. The van der Waals surface area contributed by atoms with Crippen LogP contribution in [0.5, 0.6) is 0 Å². The number of rotatable bonds is 5. The van der Waals surface area contributed by atoms with Gasteiger partial charge in [0.2, 0.25) is 15.9 Å². The lowest BCUT2D eigenvalue weighted by atomic mass is 9.99.